The van der Waals surface area contributed by atoms with Crippen LogP contribution in [-0.2, 0) is 4.79 Å². The lowest BCUT2D eigenvalue weighted by Gasteiger charge is -2.17. The van der Waals surface area contributed by atoms with Crippen LogP contribution in [0.15, 0.2) is 67.0 Å². The van der Waals surface area contributed by atoms with Crippen LogP contribution in [0.3, 0.4) is 0 Å². The molecule has 0 saturated carbocycles. The molecule has 2 N–H and O–H groups in total. The van der Waals surface area contributed by atoms with E-state index in [-0.39, 0.29) is 0 Å². The summed E-state index contributed by atoms with van der Waals surface area (Å²) in [6, 6.07) is 16.2. The van der Waals surface area contributed by atoms with Crippen molar-refractivity contribution in [1.29, 1.82) is 0 Å². The van der Waals surface area contributed by atoms with Crippen molar-refractivity contribution in [2.24, 2.45) is 0 Å². The average Bonchev–Trinajstić information content (AvgIpc) is 2.85. The monoisotopic (exact) mass is 475 g/mol. The summed E-state index contributed by atoms with van der Waals surface area (Å²) >= 11 is 1.55. The fourth-order valence-corrected chi connectivity index (χ4v) is 4.04. The minimum absolute atomic E-state index is 0.364. The number of anilines is 1. The second-order valence-corrected chi connectivity index (χ2v) is 8.96. The Morgan fingerprint density at radius 1 is 1.12 bits per heavy atom. The van der Waals surface area contributed by atoms with Crippen LogP contribution < -0.4 is 10.2 Å². The number of aromatic nitrogens is 1. The summed E-state index contributed by atoms with van der Waals surface area (Å²) in [6.07, 6.45) is 9.83. The third-order valence-electron chi connectivity index (χ3n) is 5.35. The van der Waals surface area contributed by atoms with Crippen molar-refractivity contribution in [3.05, 3.63) is 83.7 Å². The topological polar surface area (TPSA) is 82.5 Å². The van der Waals surface area contributed by atoms with E-state index >= 15 is 0 Å². The summed E-state index contributed by atoms with van der Waals surface area (Å²) < 4.78 is 0. The van der Waals surface area contributed by atoms with Crippen molar-refractivity contribution in [3.63, 3.8) is 0 Å². The van der Waals surface area contributed by atoms with E-state index in [1.807, 2.05) is 92.1 Å². The van der Waals surface area contributed by atoms with Crippen LogP contribution in [0.5, 0.6) is 0 Å². The number of pyridine rings is 1. The van der Waals surface area contributed by atoms with Gasteiger partial charge in [-0.05, 0) is 53.3 Å². The zero-order chi connectivity index (χ0) is 24.5. The predicted octanol–water partition coefficient (Wildman–Crippen LogP) is 4.92. The molecule has 0 fully saturated rings. The highest BCUT2D eigenvalue weighted by atomic mass is 32.2. The van der Waals surface area contributed by atoms with Gasteiger partial charge in [0.05, 0.1) is 0 Å². The number of carbonyl (C=O) groups excluding carboxylic acids is 1. The van der Waals surface area contributed by atoms with Gasteiger partial charge in [0.2, 0.25) is 0 Å². The number of amides is 1. The number of nitrogens with zero attached hydrogens (tertiary/aromatic N) is 2. The lowest BCUT2D eigenvalue weighted by molar-refractivity contribution is -0.139. The van der Waals surface area contributed by atoms with Gasteiger partial charge in [-0.3, -0.25) is 9.78 Å². The first-order valence-corrected chi connectivity index (χ1v) is 12.3. The molecule has 2 aromatic carbocycles. The summed E-state index contributed by atoms with van der Waals surface area (Å²) in [5.41, 5.74) is 5.02. The second kappa shape index (κ2) is 12.0. The van der Waals surface area contributed by atoms with Gasteiger partial charge in [0, 0.05) is 43.3 Å². The van der Waals surface area contributed by atoms with Gasteiger partial charge in [0.1, 0.15) is 6.04 Å². The number of carbonyl (C=O) groups is 2. The van der Waals surface area contributed by atoms with E-state index in [4.69, 9.17) is 0 Å². The lowest BCUT2D eigenvalue weighted by atomic mass is 9.96. The molecule has 0 aliphatic carbocycles. The third kappa shape index (κ3) is 6.48. The van der Waals surface area contributed by atoms with Crippen molar-refractivity contribution >= 4 is 41.5 Å². The maximum Gasteiger partial charge on any atom is 0.326 e. The van der Waals surface area contributed by atoms with Gasteiger partial charge in [-0.25, -0.2) is 4.79 Å². The van der Waals surface area contributed by atoms with Crippen LogP contribution in [0, 0.1) is 0 Å². The molecular formula is C27H29N3O3S. The maximum atomic E-state index is 13.1. The van der Waals surface area contributed by atoms with Crippen LogP contribution >= 0.6 is 11.8 Å². The van der Waals surface area contributed by atoms with Crippen LogP contribution in [0.2, 0.25) is 0 Å². The van der Waals surface area contributed by atoms with Crippen LogP contribution in [0.1, 0.15) is 27.9 Å². The molecule has 1 atom stereocenters. The van der Waals surface area contributed by atoms with E-state index in [2.05, 4.69) is 10.3 Å². The van der Waals surface area contributed by atoms with E-state index in [0.29, 0.717) is 17.7 Å². The zero-order valence-electron chi connectivity index (χ0n) is 19.6. The van der Waals surface area contributed by atoms with Gasteiger partial charge >= 0.3 is 5.97 Å². The Morgan fingerprint density at radius 2 is 1.88 bits per heavy atom. The van der Waals surface area contributed by atoms with E-state index in [9.17, 15) is 14.7 Å². The van der Waals surface area contributed by atoms with E-state index in [0.717, 1.165) is 27.9 Å². The Balaban J connectivity index is 1.96. The number of carboxylic acids is 1. The molecule has 34 heavy (non-hydrogen) atoms. The number of hydrogen-bond acceptors (Lipinski definition) is 5. The quantitative estimate of drug-likeness (QED) is 0.433. The molecule has 1 amide bonds. The number of hydrogen-bond donors (Lipinski definition) is 2. The van der Waals surface area contributed by atoms with Crippen LogP contribution in [0.25, 0.3) is 23.3 Å². The van der Waals surface area contributed by atoms with Gasteiger partial charge in [0.25, 0.3) is 5.91 Å². The highest BCUT2D eigenvalue weighted by Gasteiger charge is 2.22. The number of aliphatic carboxylic acids is 1. The molecule has 3 aromatic rings. The standard InChI is InChI=1S/C27H29N3O3S/c1-30(2)25-13-15-28-18-21(25)11-9-19-10-12-22(23(17-19)20-7-5-4-6-8-20)26(31)29-24(27(32)33)14-16-34-3/h4-13,15,17-18,24H,14,16H2,1-3H3,(H,29,31)(H,32,33)/b11-9+/t24-/m0/s1. The number of rotatable bonds is 10. The summed E-state index contributed by atoms with van der Waals surface area (Å²) in [5, 5.41) is 12.2. The fourth-order valence-electron chi connectivity index (χ4n) is 3.57. The van der Waals surface area contributed by atoms with Crippen molar-refractivity contribution < 1.29 is 14.7 Å². The molecule has 0 unspecified atom stereocenters. The Morgan fingerprint density at radius 3 is 2.56 bits per heavy atom. The predicted molar refractivity (Wildman–Crippen MR) is 141 cm³/mol. The molecule has 3 rings (SSSR count). The van der Waals surface area contributed by atoms with Gasteiger partial charge in [-0.2, -0.15) is 11.8 Å². The molecule has 7 heteroatoms. The molecular weight excluding hydrogens is 446 g/mol. The first-order valence-electron chi connectivity index (χ1n) is 10.9. The SMILES string of the molecule is CSCC[C@H](NC(=O)c1ccc(/C=C/c2cnccc2N(C)C)cc1-c1ccccc1)C(=O)O. The second-order valence-electron chi connectivity index (χ2n) is 7.98. The molecule has 1 heterocycles. The largest absolute Gasteiger partial charge is 0.480 e. The van der Waals surface area contributed by atoms with E-state index in [1.165, 1.54) is 0 Å². The minimum atomic E-state index is -1.03. The zero-order valence-corrected chi connectivity index (χ0v) is 20.4. The van der Waals surface area contributed by atoms with Crippen LogP contribution in [-0.4, -0.2) is 54.1 Å². The van der Waals surface area contributed by atoms with Gasteiger partial charge in [-0.15, -0.1) is 0 Å². The summed E-state index contributed by atoms with van der Waals surface area (Å²) in [7, 11) is 3.97. The molecule has 176 valence electrons. The van der Waals surface area contributed by atoms with E-state index < -0.39 is 17.9 Å². The van der Waals surface area contributed by atoms with Crippen LogP contribution in [0.4, 0.5) is 5.69 Å². The Hall–Kier alpha value is -3.58. The molecule has 0 aliphatic rings. The smallest absolute Gasteiger partial charge is 0.326 e. The van der Waals surface area contributed by atoms with Crippen molar-refractivity contribution in [2.45, 2.75) is 12.5 Å². The first kappa shape index (κ1) is 25.1. The van der Waals surface area contributed by atoms with Crippen molar-refractivity contribution in [1.82, 2.24) is 10.3 Å². The Labute approximate surface area is 204 Å². The summed E-state index contributed by atoms with van der Waals surface area (Å²) in [5.74, 6) is -0.781. The number of nitrogens with one attached hydrogen (secondary N) is 1. The van der Waals surface area contributed by atoms with Gasteiger partial charge in [-0.1, -0.05) is 48.6 Å². The van der Waals surface area contributed by atoms with Gasteiger partial charge < -0.3 is 15.3 Å². The molecule has 0 saturated heterocycles. The first-order chi connectivity index (χ1) is 16.4. The molecule has 0 radical (unpaired) electrons. The average molecular weight is 476 g/mol. The van der Waals surface area contributed by atoms with Crippen molar-refractivity contribution in [3.8, 4) is 11.1 Å². The van der Waals surface area contributed by atoms with Crippen molar-refractivity contribution in [2.75, 3.05) is 31.0 Å². The Bertz CT molecular complexity index is 1160. The molecule has 0 spiro atoms. The summed E-state index contributed by atoms with van der Waals surface area (Å²) in [6.45, 7) is 0. The third-order valence-corrected chi connectivity index (χ3v) is 6.00. The van der Waals surface area contributed by atoms with E-state index in [1.54, 1.807) is 24.0 Å². The molecule has 0 aliphatic heterocycles. The molecule has 6 nitrogen and oxygen atoms in total. The Kier molecular flexibility index (Phi) is 8.87. The van der Waals surface area contributed by atoms with Gasteiger partial charge in [0.15, 0.2) is 0 Å². The normalized spacial score (nSPS) is 11.9. The molecule has 1 aromatic heterocycles. The number of carboxylic acid groups (broad SMARTS) is 1. The minimum Gasteiger partial charge on any atom is -0.480 e. The highest BCUT2D eigenvalue weighted by Crippen LogP contribution is 2.27. The number of benzene rings is 2. The highest BCUT2D eigenvalue weighted by molar-refractivity contribution is 7.98. The fraction of sp³-hybridized carbons (Fsp3) is 0.222. The summed E-state index contributed by atoms with van der Waals surface area (Å²) in [4.78, 5) is 31.0. The maximum absolute atomic E-state index is 13.1. The molecule has 0 bridgehead atoms. The number of thioether (sulfide) groups is 1. The lowest BCUT2D eigenvalue weighted by Crippen LogP contribution is -2.41.